The van der Waals surface area contributed by atoms with Crippen LogP contribution in [0.15, 0.2) is 19.7 Å². The van der Waals surface area contributed by atoms with Crippen molar-refractivity contribution < 1.29 is 0 Å². The van der Waals surface area contributed by atoms with Crippen LogP contribution in [0.1, 0.15) is 19.5 Å². The fraction of sp³-hybridized carbons (Fsp3) is 0.364. The van der Waals surface area contributed by atoms with E-state index in [0.717, 1.165) is 25.5 Å². The number of thiophene rings is 1. The molecule has 0 radical (unpaired) electrons. The number of hydrogen-bond donors (Lipinski definition) is 1. The molecule has 0 aliphatic carbocycles. The highest BCUT2D eigenvalue weighted by molar-refractivity contribution is 9.13. The average molecular weight is 396 g/mol. The SMILES string of the molecule is CC(C)NCc1csc(-c2cc(Br)c(Br)s2)n1. The fourth-order valence-electron chi connectivity index (χ4n) is 1.26. The van der Waals surface area contributed by atoms with E-state index in [1.165, 1.54) is 4.88 Å². The second-order valence-electron chi connectivity index (χ2n) is 3.91. The Labute approximate surface area is 126 Å². The smallest absolute Gasteiger partial charge is 0.133 e. The molecule has 2 aromatic rings. The maximum atomic E-state index is 4.63. The van der Waals surface area contributed by atoms with Crippen molar-refractivity contribution in [3.63, 3.8) is 0 Å². The standard InChI is InChI=1S/C11H12Br2N2S2/c1-6(2)14-4-7-5-16-11(15-7)9-3-8(12)10(13)17-9/h3,5-6,14H,4H2,1-2H3. The lowest BCUT2D eigenvalue weighted by molar-refractivity contribution is 0.583. The molecule has 0 saturated heterocycles. The summed E-state index contributed by atoms with van der Waals surface area (Å²) in [7, 11) is 0. The van der Waals surface area contributed by atoms with Gasteiger partial charge in [-0.2, -0.15) is 0 Å². The molecule has 17 heavy (non-hydrogen) atoms. The molecule has 2 aromatic heterocycles. The summed E-state index contributed by atoms with van der Waals surface area (Å²) >= 11 is 10.4. The zero-order valence-corrected chi connectivity index (χ0v) is 14.3. The van der Waals surface area contributed by atoms with Crippen molar-refractivity contribution in [1.82, 2.24) is 10.3 Å². The summed E-state index contributed by atoms with van der Waals surface area (Å²) in [5.41, 5.74) is 1.11. The van der Waals surface area contributed by atoms with Gasteiger partial charge in [-0.05, 0) is 37.9 Å². The van der Waals surface area contributed by atoms with Crippen LogP contribution in [-0.4, -0.2) is 11.0 Å². The number of aromatic nitrogens is 1. The Morgan fingerprint density at radius 3 is 2.76 bits per heavy atom. The van der Waals surface area contributed by atoms with Gasteiger partial charge in [0.2, 0.25) is 0 Å². The first-order valence-corrected chi connectivity index (χ1v) is 8.47. The van der Waals surface area contributed by atoms with Gasteiger partial charge >= 0.3 is 0 Å². The Balaban J connectivity index is 2.12. The van der Waals surface area contributed by atoms with Crippen molar-refractivity contribution in [2.45, 2.75) is 26.4 Å². The van der Waals surface area contributed by atoms with Gasteiger partial charge in [-0.3, -0.25) is 0 Å². The van der Waals surface area contributed by atoms with E-state index in [-0.39, 0.29) is 0 Å². The van der Waals surface area contributed by atoms with E-state index in [0.29, 0.717) is 6.04 Å². The molecule has 0 aliphatic heterocycles. The monoisotopic (exact) mass is 394 g/mol. The van der Waals surface area contributed by atoms with Crippen LogP contribution in [0.3, 0.4) is 0 Å². The van der Waals surface area contributed by atoms with Crippen LogP contribution < -0.4 is 5.32 Å². The maximum Gasteiger partial charge on any atom is 0.133 e. The molecule has 1 N–H and O–H groups in total. The molecule has 0 spiro atoms. The van der Waals surface area contributed by atoms with Crippen molar-refractivity contribution in [1.29, 1.82) is 0 Å². The molecule has 0 atom stereocenters. The summed E-state index contributed by atoms with van der Waals surface area (Å²) in [6.07, 6.45) is 0. The summed E-state index contributed by atoms with van der Waals surface area (Å²) in [6.45, 7) is 5.11. The summed E-state index contributed by atoms with van der Waals surface area (Å²) in [6, 6.07) is 2.60. The molecule has 0 amide bonds. The topological polar surface area (TPSA) is 24.9 Å². The Morgan fingerprint density at radius 1 is 1.41 bits per heavy atom. The highest BCUT2D eigenvalue weighted by Gasteiger charge is 2.10. The van der Waals surface area contributed by atoms with Crippen LogP contribution >= 0.6 is 54.5 Å². The van der Waals surface area contributed by atoms with Crippen molar-refractivity contribution in [3.8, 4) is 9.88 Å². The number of halogens is 2. The minimum absolute atomic E-state index is 0.491. The highest BCUT2D eigenvalue weighted by Crippen LogP contribution is 2.39. The van der Waals surface area contributed by atoms with Gasteiger partial charge in [0.05, 0.1) is 14.4 Å². The van der Waals surface area contributed by atoms with Gasteiger partial charge in [0.1, 0.15) is 5.01 Å². The second-order valence-corrected chi connectivity index (χ2v) is 7.99. The van der Waals surface area contributed by atoms with E-state index >= 15 is 0 Å². The predicted molar refractivity (Wildman–Crippen MR) is 82.8 cm³/mol. The van der Waals surface area contributed by atoms with Crippen LogP contribution in [0.5, 0.6) is 0 Å². The van der Waals surface area contributed by atoms with Crippen molar-refractivity contribution in [3.05, 3.63) is 25.4 Å². The molecule has 0 unspecified atom stereocenters. The zero-order valence-electron chi connectivity index (χ0n) is 9.46. The summed E-state index contributed by atoms with van der Waals surface area (Å²) in [4.78, 5) is 5.83. The summed E-state index contributed by atoms with van der Waals surface area (Å²) < 4.78 is 2.21. The van der Waals surface area contributed by atoms with Crippen LogP contribution in [-0.2, 0) is 6.54 Å². The van der Waals surface area contributed by atoms with Gasteiger partial charge < -0.3 is 5.32 Å². The van der Waals surface area contributed by atoms with Crippen molar-refractivity contribution >= 4 is 54.5 Å². The Morgan fingerprint density at radius 2 is 2.18 bits per heavy atom. The number of thiazole rings is 1. The van der Waals surface area contributed by atoms with Gasteiger partial charge in [-0.25, -0.2) is 4.98 Å². The van der Waals surface area contributed by atoms with E-state index in [4.69, 9.17) is 0 Å². The van der Waals surface area contributed by atoms with Gasteiger partial charge in [-0.15, -0.1) is 22.7 Å². The Kier molecular flexibility index (Phi) is 4.77. The molecule has 0 saturated carbocycles. The van der Waals surface area contributed by atoms with E-state index in [2.05, 4.69) is 67.5 Å². The van der Waals surface area contributed by atoms with Crippen LogP contribution in [0, 0.1) is 0 Å². The van der Waals surface area contributed by atoms with Gasteiger partial charge in [0, 0.05) is 22.4 Å². The van der Waals surface area contributed by atoms with E-state index in [1.807, 2.05) is 0 Å². The van der Waals surface area contributed by atoms with Crippen LogP contribution in [0.4, 0.5) is 0 Å². The molecule has 6 heteroatoms. The number of hydrogen-bond acceptors (Lipinski definition) is 4. The lowest BCUT2D eigenvalue weighted by Crippen LogP contribution is -2.21. The third-order valence-corrected chi connectivity index (χ3v) is 6.42. The normalized spacial score (nSPS) is 11.4. The molecule has 0 aliphatic rings. The minimum Gasteiger partial charge on any atom is -0.309 e. The number of rotatable bonds is 4. The van der Waals surface area contributed by atoms with E-state index in [1.54, 1.807) is 22.7 Å². The quantitative estimate of drug-likeness (QED) is 0.796. The van der Waals surface area contributed by atoms with E-state index < -0.39 is 0 Å². The molecular weight excluding hydrogens is 384 g/mol. The molecule has 2 heterocycles. The third kappa shape index (κ3) is 3.61. The van der Waals surface area contributed by atoms with Crippen LogP contribution in [0.2, 0.25) is 0 Å². The molecular formula is C11H12Br2N2S2. The van der Waals surface area contributed by atoms with Gasteiger partial charge in [0.15, 0.2) is 0 Å². The lowest BCUT2D eigenvalue weighted by atomic mass is 10.3. The number of nitrogens with one attached hydrogen (secondary N) is 1. The minimum atomic E-state index is 0.491. The first-order chi connectivity index (χ1) is 8.06. The average Bonchev–Trinajstić information content (AvgIpc) is 2.84. The lowest BCUT2D eigenvalue weighted by Gasteiger charge is -2.04. The molecule has 2 nitrogen and oxygen atoms in total. The molecule has 2 rings (SSSR count). The summed E-state index contributed by atoms with van der Waals surface area (Å²) in [5.74, 6) is 0. The van der Waals surface area contributed by atoms with Crippen molar-refractivity contribution in [2.24, 2.45) is 0 Å². The second kappa shape index (κ2) is 5.93. The Bertz CT molecular complexity index is 486. The Hall–Kier alpha value is 0.250. The summed E-state index contributed by atoms with van der Waals surface area (Å²) in [5, 5.41) is 6.57. The van der Waals surface area contributed by atoms with E-state index in [9.17, 15) is 0 Å². The van der Waals surface area contributed by atoms with Gasteiger partial charge in [-0.1, -0.05) is 13.8 Å². The molecule has 92 valence electrons. The molecule has 0 fully saturated rings. The molecule has 0 bridgehead atoms. The van der Waals surface area contributed by atoms with Crippen LogP contribution in [0.25, 0.3) is 9.88 Å². The third-order valence-electron chi connectivity index (χ3n) is 2.10. The first-order valence-electron chi connectivity index (χ1n) is 5.19. The largest absolute Gasteiger partial charge is 0.309 e. The zero-order chi connectivity index (χ0) is 12.4. The van der Waals surface area contributed by atoms with Gasteiger partial charge in [0.25, 0.3) is 0 Å². The number of nitrogens with zero attached hydrogens (tertiary/aromatic N) is 1. The first kappa shape index (κ1) is 13.7. The molecule has 0 aromatic carbocycles. The predicted octanol–water partition coefficient (Wildman–Crippen LogP) is 4.89. The highest BCUT2D eigenvalue weighted by atomic mass is 79.9. The maximum absolute atomic E-state index is 4.63. The fourth-order valence-corrected chi connectivity index (χ4v) is 4.18. The van der Waals surface area contributed by atoms with Crippen molar-refractivity contribution in [2.75, 3.05) is 0 Å².